The lowest BCUT2D eigenvalue weighted by Crippen LogP contribution is -2.35. The standard InChI is InChI=1S/C12H22O/c1-8(2)7-11-6-5-9(3)12(13)10(11)4/h7,9-13H,5-6H2,1-4H3. The molecule has 0 saturated heterocycles. The maximum absolute atomic E-state index is 9.90. The van der Waals surface area contributed by atoms with Gasteiger partial charge >= 0.3 is 0 Å². The highest BCUT2D eigenvalue weighted by Crippen LogP contribution is 2.34. The van der Waals surface area contributed by atoms with Crippen LogP contribution in [0.5, 0.6) is 0 Å². The van der Waals surface area contributed by atoms with Crippen molar-refractivity contribution in [2.45, 2.75) is 46.6 Å². The molecule has 0 amide bonds. The molecule has 0 radical (unpaired) electrons. The highest BCUT2D eigenvalue weighted by Gasteiger charge is 2.31. The average Bonchev–Trinajstić information content (AvgIpc) is 2.06. The molecule has 4 atom stereocenters. The molecular weight excluding hydrogens is 160 g/mol. The summed E-state index contributed by atoms with van der Waals surface area (Å²) in [5.41, 5.74) is 1.37. The summed E-state index contributed by atoms with van der Waals surface area (Å²) in [7, 11) is 0. The van der Waals surface area contributed by atoms with Crippen molar-refractivity contribution < 1.29 is 5.11 Å². The van der Waals surface area contributed by atoms with Gasteiger partial charge in [-0.3, -0.25) is 0 Å². The molecule has 1 N–H and O–H groups in total. The zero-order valence-corrected chi connectivity index (χ0v) is 9.25. The number of aliphatic hydroxyl groups is 1. The molecule has 0 spiro atoms. The van der Waals surface area contributed by atoms with Crippen molar-refractivity contribution in [2.24, 2.45) is 17.8 Å². The van der Waals surface area contributed by atoms with Crippen LogP contribution in [-0.2, 0) is 0 Å². The fourth-order valence-corrected chi connectivity index (χ4v) is 2.32. The van der Waals surface area contributed by atoms with Crippen molar-refractivity contribution in [2.75, 3.05) is 0 Å². The minimum Gasteiger partial charge on any atom is -0.393 e. The van der Waals surface area contributed by atoms with Gasteiger partial charge in [-0.1, -0.05) is 25.5 Å². The van der Waals surface area contributed by atoms with Crippen LogP contribution in [0.15, 0.2) is 11.6 Å². The molecule has 1 nitrogen and oxygen atoms in total. The highest BCUT2D eigenvalue weighted by molar-refractivity contribution is 5.01. The number of hydrogen-bond acceptors (Lipinski definition) is 1. The van der Waals surface area contributed by atoms with E-state index in [0.29, 0.717) is 17.8 Å². The fraction of sp³-hybridized carbons (Fsp3) is 0.833. The molecule has 0 aromatic rings. The van der Waals surface area contributed by atoms with E-state index in [2.05, 4.69) is 33.8 Å². The van der Waals surface area contributed by atoms with E-state index in [4.69, 9.17) is 0 Å². The van der Waals surface area contributed by atoms with Gasteiger partial charge < -0.3 is 5.11 Å². The second-order valence-electron chi connectivity index (χ2n) is 4.81. The second kappa shape index (κ2) is 4.28. The number of hydrogen-bond donors (Lipinski definition) is 1. The Morgan fingerprint density at radius 2 is 1.85 bits per heavy atom. The predicted molar refractivity (Wildman–Crippen MR) is 56.5 cm³/mol. The Hall–Kier alpha value is -0.300. The van der Waals surface area contributed by atoms with Crippen LogP contribution in [0.25, 0.3) is 0 Å². The van der Waals surface area contributed by atoms with Crippen LogP contribution in [0.4, 0.5) is 0 Å². The van der Waals surface area contributed by atoms with Crippen molar-refractivity contribution >= 4 is 0 Å². The van der Waals surface area contributed by atoms with Crippen LogP contribution in [0.2, 0.25) is 0 Å². The van der Waals surface area contributed by atoms with E-state index in [1.807, 2.05) is 0 Å². The first kappa shape index (κ1) is 10.8. The third-order valence-corrected chi connectivity index (χ3v) is 3.30. The second-order valence-corrected chi connectivity index (χ2v) is 4.81. The molecule has 0 bridgehead atoms. The van der Waals surface area contributed by atoms with Crippen molar-refractivity contribution in [3.63, 3.8) is 0 Å². The SMILES string of the molecule is CC(C)=CC1CCC(C)C(O)C1C. The Labute approximate surface area is 81.9 Å². The Bertz CT molecular complexity index is 191. The number of rotatable bonds is 1. The van der Waals surface area contributed by atoms with E-state index in [1.165, 1.54) is 18.4 Å². The van der Waals surface area contributed by atoms with Crippen molar-refractivity contribution in [3.8, 4) is 0 Å². The average molecular weight is 182 g/mol. The lowest BCUT2D eigenvalue weighted by Gasteiger charge is -2.36. The highest BCUT2D eigenvalue weighted by atomic mass is 16.3. The molecule has 0 heterocycles. The summed E-state index contributed by atoms with van der Waals surface area (Å²) < 4.78 is 0. The Morgan fingerprint density at radius 3 is 2.38 bits per heavy atom. The third-order valence-electron chi connectivity index (χ3n) is 3.30. The largest absolute Gasteiger partial charge is 0.393 e. The molecular formula is C12H22O. The van der Waals surface area contributed by atoms with E-state index in [9.17, 15) is 5.11 Å². The Morgan fingerprint density at radius 1 is 1.23 bits per heavy atom. The van der Waals surface area contributed by atoms with Crippen LogP contribution in [0, 0.1) is 17.8 Å². The molecule has 1 rings (SSSR count). The van der Waals surface area contributed by atoms with Gasteiger partial charge in [0.2, 0.25) is 0 Å². The van der Waals surface area contributed by atoms with Crippen molar-refractivity contribution in [3.05, 3.63) is 11.6 Å². The summed E-state index contributed by atoms with van der Waals surface area (Å²) in [4.78, 5) is 0. The van der Waals surface area contributed by atoms with E-state index >= 15 is 0 Å². The van der Waals surface area contributed by atoms with Gasteiger partial charge in [-0.25, -0.2) is 0 Å². The van der Waals surface area contributed by atoms with E-state index < -0.39 is 0 Å². The molecule has 4 unspecified atom stereocenters. The quantitative estimate of drug-likeness (QED) is 0.618. The van der Waals surface area contributed by atoms with Gasteiger partial charge in [0.15, 0.2) is 0 Å². The lowest BCUT2D eigenvalue weighted by atomic mass is 9.73. The van der Waals surface area contributed by atoms with Gasteiger partial charge in [0.1, 0.15) is 0 Å². The molecule has 1 aliphatic carbocycles. The normalized spacial score (nSPS) is 40.1. The summed E-state index contributed by atoms with van der Waals surface area (Å²) >= 11 is 0. The number of aliphatic hydroxyl groups excluding tert-OH is 1. The van der Waals surface area contributed by atoms with Crippen molar-refractivity contribution in [1.29, 1.82) is 0 Å². The Balaban J connectivity index is 2.64. The van der Waals surface area contributed by atoms with Gasteiger partial charge in [0.25, 0.3) is 0 Å². The molecule has 0 aliphatic heterocycles. The van der Waals surface area contributed by atoms with Crippen LogP contribution < -0.4 is 0 Å². The predicted octanol–water partition coefficient (Wildman–Crippen LogP) is 3.00. The minimum atomic E-state index is -0.102. The van der Waals surface area contributed by atoms with Crippen LogP contribution >= 0.6 is 0 Å². The Kier molecular flexibility index (Phi) is 3.55. The zero-order valence-electron chi connectivity index (χ0n) is 9.25. The first-order valence-corrected chi connectivity index (χ1v) is 5.35. The molecule has 1 aliphatic rings. The minimum absolute atomic E-state index is 0.102. The summed E-state index contributed by atoms with van der Waals surface area (Å²) in [5, 5.41) is 9.90. The van der Waals surface area contributed by atoms with E-state index in [0.717, 1.165) is 0 Å². The maximum atomic E-state index is 9.90. The lowest BCUT2D eigenvalue weighted by molar-refractivity contribution is 0.0132. The first-order valence-electron chi connectivity index (χ1n) is 5.35. The molecule has 0 aromatic heterocycles. The molecule has 13 heavy (non-hydrogen) atoms. The van der Waals surface area contributed by atoms with E-state index in [1.54, 1.807) is 0 Å². The van der Waals surface area contributed by atoms with Crippen LogP contribution in [0.3, 0.4) is 0 Å². The topological polar surface area (TPSA) is 20.2 Å². The summed E-state index contributed by atoms with van der Waals surface area (Å²) in [6, 6.07) is 0. The zero-order chi connectivity index (χ0) is 10.0. The van der Waals surface area contributed by atoms with Gasteiger partial charge in [-0.15, -0.1) is 0 Å². The van der Waals surface area contributed by atoms with E-state index in [-0.39, 0.29) is 6.10 Å². The maximum Gasteiger partial charge on any atom is 0.0596 e. The smallest absolute Gasteiger partial charge is 0.0596 e. The van der Waals surface area contributed by atoms with Gasteiger partial charge in [-0.2, -0.15) is 0 Å². The number of allylic oxidation sites excluding steroid dienone is 2. The van der Waals surface area contributed by atoms with Gasteiger partial charge in [-0.05, 0) is 44.4 Å². The molecule has 1 saturated carbocycles. The monoisotopic (exact) mass is 182 g/mol. The van der Waals surface area contributed by atoms with Crippen LogP contribution in [-0.4, -0.2) is 11.2 Å². The van der Waals surface area contributed by atoms with Gasteiger partial charge in [0.05, 0.1) is 6.10 Å². The van der Waals surface area contributed by atoms with Crippen molar-refractivity contribution in [1.82, 2.24) is 0 Å². The molecule has 1 fully saturated rings. The molecule has 0 aromatic carbocycles. The van der Waals surface area contributed by atoms with Crippen LogP contribution in [0.1, 0.15) is 40.5 Å². The summed E-state index contributed by atoms with van der Waals surface area (Å²) in [5.74, 6) is 1.51. The molecule has 1 heteroatoms. The first-order chi connectivity index (χ1) is 6.02. The summed E-state index contributed by atoms with van der Waals surface area (Å²) in [6.07, 6.45) is 4.62. The molecule has 76 valence electrons. The third kappa shape index (κ3) is 2.57. The fourth-order valence-electron chi connectivity index (χ4n) is 2.32. The summed E-state index contributed by atoms with van der Waals surface area (Å²) in [6.45, 7) is 8.60. The van der Waals surface area contributed by atoms with Gasteiger partial charge in [0, 0.05) is 0 Å².